The van der Waals surface area contributed by atoms with Gasteiger partial charge in [0.05, 0.1) is 6.61 Å². The molecule has 1 N–H and O–H groups in total. The van der Waals surface area contributed by atoms with Crippen LogP contribution >= 0.6 is 12.4 Å². The summed E-state index contributed by atoms with van der Waals surface area (Å²) >= 11 is 0. The molecule has 4 heteroatoms. The van der Waals surface area contributed by atoms with E-state index in [0.29, 0.717) is 5.92 Å². The summed E-state index contributed by atoms with van der Waals surface area (Å²) in [6.07, 6.45) is 1.51. The maximum atomic E-state index is 12.3. The summed E-state index contributed by atoms with van der Waals surface area (Å²) in [5.41, 5.74) is 0. The minimum atomic E-state index is -0.827. The Morgan fingerprint density at radius 2 is 2.00 bits per heavy atom. The van der Waals surface area contributed by atoms with Crippen LogP contribution in [0.1, 0.15) is 27.2 Å². The van der Waals surface area contributed by atoms with Gasteiger partial charge in [-0.1, -0.05) is 7.43 Å². The highest BCUT2D eigenvalue weighted by Crippen LogP contribution is 2.11. The lowest BCUT2D eigenvalue weighted by Gasteiger charge is -2.22. The molecule has 88 valence electrons. The lowest BCUT2D eigenvalue weighted by molar-refractivity contribution is 0.0548. The predicted molar refractivity (Wildman–Crippen MR) is 61.0 cm³/mol. The molecule has 0 radical (unpaired) electrons. The topological polar surface area (TPSA) is 21.3 Å². The van der Waals surface area contributed by atoms with Crippen molar-refractivity contribution in [2.75, 3.05) is 26.3 Å². The van der Waals surface area contributed by atoms with Gasteiger partial charge in [-0.3, -0.25) is 0 Å². The molecule has 0 amide bonds. The number of halogens is 2. The maximum absolute atomic E-state index is 12.3. The number of alkyl halides is 1. The Morgan fingerprint density at radius 1 is 1.43 bits per heavy atom. The van der Waals surface area contributed by atoms with Gasteiger partial charge in [0.2, 0.25) is 0 Å². The van der Waals surface area contributed by atoms with E-state index in [1.807, 2.05) is 0 Å². The molecule has 1 aliphatic heterocycles. The Kier molecular flexibility index (Phi) is 11.5. The molecule has 2 nitrogen and oxygen atoms in total. The van der Waals surface area contributed by atoms with Crippen molar-refractivity contribution in [2.24, 2.45) is 5.92 Å². The predicted octanol–water partition coefficient (Wildman–Crippen LogP) is 2.42. The smallest absolute Gasteiger partial charge is 0.121 e. The summed E-state index contributed by atoms with van der Waals surface area (Å²) in [6.45, 7) is 4.68. The molecule has 0 spiro atoms. The van der Waals surface area contributed by atoms with Crippen molar-refractivity contribution in [3.63, 3.8) is 0 Å². The van der Waals surface area contributed by atoms with Crippen LogP contribution in [-0.4, -0.2) is 32.5 Å². The highest BCUT2D eigenvalue weighted by Gasteiger charge is 2.12. The summed E-state index contributed by atoms with van der Waals surface area (Å²) in [5.74, 6) is 0.644. The van der Waals surface area contributed by atoms with Gasteiger partial charge in [0.1, 0.15) is 6.17 Å². The van der Waals surface area contributed by atoms with Gasteiger partial charge in [-0.2, -0.15) is 0 Å². The van der Waals surface area contributed by atoms with Crippen molar-refractivity contribution in [1.29, 1.82) is 0 Å². The minimum absolute atomic E-state index is 0. The zero-order valence-corrected chi connectivity index (χ0v) is 8.91. The molecular formula is C10H23ClFNO. The zero-order valence-electron chi connectivity index (χ0n) is 8.09. The van der Waals surface area contributed by atoms with Gasteiger partial charge in [-0.05, 0) is 38.8 Å². The zero-order chi connectivity index (χ0) is 8.81. The second-order valence-electron chi connectivity index (χ2n) is 3.51. The van der Waals surface area contributed by atoms with Gasteiger partial charge in [0, 0.05) is 6.61 Å². The number of rotatable bonds is 4. The maximum Gasteiger partial charge on any atom is 0.121 e. The van der Waals surface area contributed by atoms with Crippen LogP contribution in [0.3, 0.4) is 0 Å². The van der Waals surface area contributed by atoms with E-state index in [0.717, 1.165) is 19.7 Å². The SMILES string of the molecule is C.C[C@H](F)COCC1CCNCC1.Cl. The third kappa shape index (κ3) is 7.54. The van der Waals surface area contributed by atoms with Crippen molar-refractivity contribution in [1.82, 2.24) is 5.32 Å². The first kappa shape index (κ1) is 16.6. The van der Waals surface area contributed by atoms with Gasteiger partial charge < -0.3 is 10.1 Å². The molecule has 1 rings (SSSR count). The Bertz CT molecular complexity index is 119. The van der Waals surface area contributed by atoms with E-state index in [1.54, 1.807) is 0 Å². The van der Waals surface area contributed by atoms with E-state index >= 15 is 0 Å². The summed E-state index contributed by atoms with van der Waals surface area (Å²) in [4.78, 5) is 0. The summed E-state index contributed by atoms with van der Waals surface area (Å²) < 4.78 is 17.6. The highest BCUT2D eigenvalue weighted by molar-refractivity contribution is 5.85. The first-order chi connectivity index (χ1) is 5.79. The molecule has 0 saturated carbocycles. The quantitative estimate of drug-likeness (QED) is 0.797. The van der Waals surface area contributed by atoms with Gasteiger partial charge in [-0.25, -0.2) is 4.39 Å². The summed E-state index contributed by atoms with van der Waals surface area (Å²) in [7, 11) is 0. The number of ether oxygens (including phenoxy) is 1. The van der Waals surface area contributed by atoms with Crippen LogP contribution in [-0.2, 0) is 4.74 Å². The molecule has 0 bridgehead atoms. The largest absolute Gasteiger partial charge is 0.378 e. The first-order valence-corrected chi connectivity index (χ1v) is 4.71. The minimum Gasteiger partial charge on any atom is -0.378 e. The lowest BCUT2D eigenvalue weighted by atomic mass is 9.99. The average Bonchev–Trinajstić information content (AvgIpc) is 2.05. The Labute approximate surface area is 93.0 Å². The number of hydrogen-bond acceptors (Lipinski definition) is 2. The van der Waals surface area contributed by atoms with E-state index in [-0.39, 0.29) is 26.4 Å². The van der Waals surface area contributed by atoms with E-state index in [9.17, 15) is 4.39 Å². The van der Waals surface area contributed by atoms with Gasteiger partial charge in [0.25, 0.3) is 0 Å². The van der Waals surface area contributed by atoms with E-state index in [1.165, 1.54) is 19.8 Å². The monoisotopic (exact) mass is 227 g/mol. The summed E-state index contributed by atoms with van der Waals surface area (Å²) in [5, 5.41) is 3.28. The molecule has 1 aliphatic rings. The van der Waals surface area contributed by atoms with Crippen molar-refractivity contribution in [3.05, 3.63) is 0 Å². The normalized spacial score (nSPS) is 19.3. The Balaban J connectivity index is 0. The lowest BCUT2D eigenvalue weighted by Crippen LogP contribution is -2.30. The second kappa shape index (κ2) is 9.69. The van der Waals surface area contributed by atoms with Crippen LogP contribution in [0.25, 0.3) is 0 Å². The van der Waals surface area contributed by atoms with Crippen molar-refractivity contribution >= 4 is 12.4 Å². The molecule has 0 aliphatic carbocycles. The molecule has 1 atom stereocenters. The molecule has 0 aromatic carbocycles. The van der Waals surface area contributed by atoms with Crippen LogP contribution in [0.4, 0.5) is 4.39 Å². The van der Waals surface area contributed by atoms with Crippen molar-refractivity contribution in [2.45, 2.75) is 33.4 Å². The molecule has 1 heterocycles. The third-order valence-corrected chi connectivity index (χ3v) is 2.16. The fourth-order valence-electron chi connectivity index (χ4n) is 1.45. The van der Waals surface area contributed by atoms with Gasteiger partial charge >= 0.3 is 0 Å². The van der Waals surface area contributed by atoms with Crippen LogP contribution in [0.15, 0.2) is 0 Å². The van der Waals surface area contributed by atoms with Crippen LogP contribution in [0.2, 0.25) is 0 Å². The van der Waals surface area contributed by atoms with Gasteiger partial charge in [0.15, 0.2) is 0 Å². The molecule has 0 aromatic heterocycles. The highest BCUT2D eigenvalue weighted by atomic mass is 35.5. The molecular weight excluding hydrogens is 205 g/mol. The second-order valence-corrected chi connectivity index (χ2v) is 3.51. The molecule has 1 fully saturated rings. The average molecular weight is 228 g/mol. The third-order valence-electron chi connectivity index (χ3n) is 2.16. The van der Waals surface area contributed by atoms with Crippen molar-refractivity contribution in [3.8, 4) is 0 Å². The summed E-state index contributed by atoms with van der Waals surface area (Å²) in [6, 6.07) is 0. The van der Waals surface area contributed by atoms with E-state index < -0.39 is 6.17 Å². The first-order valence-electron chi connectivity index (χ1n) is 4.71. The van der Waals surface area contributed by atoms with Crippen LogP contribution in [0.5, 0.6) is 0 Å². The Hall–Kier alpha value is 0.140. The number of nitrogens with one attached hydrogen (secondary N) is 1. The fourth-order valence-corrected chi connectivity index (χ4v) is 1.45. The molecule has 1 saturated heterocycles. The van der Waals surface area contributed by atoms with E-state index in [2.05, 4.69) is 5.32 Å². The molecule has 0 unspecified atom stereocenters. The molecule has 0 aromatic rings. The van der Waals surface area contributed by atoms with E-state index in [4.69, 9.17) is 4.74 Å². The Morgan fingerprint density at radius 3 is 2.50 bits per heavy atom. The number of hydrogen-bond donors (Lipinski definition) is 1. The fraction of sp³-hybridized carbons (Fsp3) is 1.00. The van der Waals surface area contributed by atoms with Crippen molar-refractivity contribution < 1.29 is 9.13 Å². The number of piperidine rings is 1. The van der Waals surface area contributed by atoms with Gasteiger partial charge in [-0.15, -0.1) is 12.4 Å². The van der Waals surface area contributed by atoms with Crippen LogP contribution in [0, 0.1) is 5.92 Å². The van der Waals surface area contributed by atoms with Crippen LogP contribution < -0.4 is 5.32 Å². The standard InChI is InChI=1S/C9H18FNO.CH4.ClH/c1-8(10)6-12-7-9-2-4-11-5-3-9;;/h8-9,11H,2-7H2,1H3;1H4;1H/t8-;;/m0../s1. The molecule has 14 heavy (non-hydrogen) atoms.